The molecule has 0 aliphatic heterocycles. The molecular weight excluding hydrogens is 454 g/mol. The lowest BCUT2D eigenvalue weighted by atomic mass is 9.89. The Hall–Kier alpha value is -3.97. The maximum absolute atomic E-state index is 14.2. The number of hydrogen-bond donors (Lipinski definition) is 2. The third kappa shape index (κ3) is 7.26. The Labute approximate surface area is 212 Å². The first kappa shape index (κ1) is 26.6. The van der Waals surface area contributed by atoms with Gasteiger partial charge in [0, 0.05) is 13.5 Å². The van der Waals surface area contributed by atoms with Crippen LogP contribution in [0.5, 0.6) is 5.75 Å². The van der Waals surface area contributed by atoms with Gasteiger partial charge in [-0.1, -0.05) is 72.8 Å². The van der Waals surface area contributed by atoms with Crippen molar-refractivity contribution in [2.24, 2.45) is 11.5 Å². The maximum Gasteiger partial charge on any atom is 0.308 e. The standard InChI is InChI=1S/C29H33N3O4/c1-21(33)36-25-16-14-22(15-17-25)18-20-32(26(28(31)34)13-8-19-30)29(35)27(23-9-4-2-5-10-23)24-11-6-3-7-12-24/h2-7,9-12,14-17,26-27H,8,13,18-20,30H2,1H3,(H2,31,34)/t26-/m1/s1. The highest BCUT2D eigenvalue weighted by Crippen LogP contribution is 2.28. The molecule has 7 nitrogen and oxygen atoms in total. The van der Waals surface area contributed by atoms with Gasteiger partial charge in [0.25, 0.3) is 0 Å². The molecule has 0 aliphatic rings. The number of benzene rings is 3. The molecule has 0 saturated heterocycles. The molecule has 0 aromatic heterocycles. The first-order valence-electron chi connectivity index (χ1n) is 12.1. The van der Waals surface area contributed by atoms with Crippen LogP contribution < -0.4 is 16.2 Å². The van der Waals surface area contributed by atoms with Gasteiger partial charge in [0.2, 0.25) is 11.8 Å². The van der Waals surface area contributed by atoms with Gasteiger partial charge in [0.05, 0.1) is 5.92 Å². The summed E-state index contributed by atoms with van der Waals surface area (Å²) in [6.45, 7) is 2.03. The molecule has 3 aromatic carbocycles. The Bertz CT molecular complexity index is 1090. The molecule has 0 spiro atoms. The molecule has 2 amide bonds. The topological polar surface area (TPSA) is 116 Å². The largest absolute Gasteiger partial charge is 0.427 e. The van der Waals surface area contributed by atoms with Crippen molar-refractivity contribution in [1.82, 2.24) is 4.90 Å². The predicted molar refractivity (Wildman–Crippen MR) is 139 cm³/mol. The fraction of sp³-hybridized carbons (Fsp3) is 0.276. The molecule has 0 saturated carbocycles. The van der Waals surface area contributed by atoms with E-state index < -0.39 is 23.8 Å². The molecule has 0 heterocycles. The van der Waals surface area contributed by atoms with Crippen LogP contribution >= 0.6 is 0 Å². The number of rotatable bonds is 12. The fourth-order valence-corrected chi connectivity index (χ4v) is 4.26. The molecule has 188 valence electrons. The summed E-state index contributed by atoms with van der Waals surface area (Å²) in [6.07, 6.45) is 1.45. The van der Waals surface area contributed by atoms with Crippen LogP contribution in [0.25, 0.3) is 0 Å². The number of primary amides is 1. The monoisotopic (exact) mass is 487 g/mol. The highest BCUT2D eigenvalue weighted by atomic mass is 16.5. The lowest BCUT2D eigenvalue weighted by Crippen LogP contribution is -2.50. The second-order valence-electron chi connectivity index (χ2n) is 8.62. The van der Waals surface area contributed by atoms with Gasteiger partial charge in [0.1, 0.15) is 11.8 Å². The van der Waals surface area contributed by atoms with E-state index in [1.165, 1.54) is 6.92 Å². The number of esters is 1. The molecule has 0 bridgehead atoms. The Morgan fingerprint density at radius 3 is 1.89 bits per heavy atom. The van der Waals surface area contributed by atoms with E-state index in [1.807, 2.05) is 72.8 Å². The van der Waals surface area contributed by atoms with Crippen molar-refractivity contribution in [3.63, 3.8) is 0 Å². The second kappa shape index (κ2) is 13.2. The van der Waals surface area contributed by atoms with E-state index in [9.17, 15) is 14.4 Å². The second-order valence-corrected chi connectivity index (χ2v) is 8.62. The summed E-state index contributed by atoms with van der Waals surface area (Å²) in [4.78, 5) is 39.5. The normalized spacial score (nSPS) is 11.6. The summed E-state index contributed by atoms with van der Waals surface area (Å²) < 4.78 is 5.10. The zero-order valence-electron chi connectivity index (χ0n) is 20.5. The zero-order valence-corrected chi connectivity index (χ0v) is 20.5. The van der Waals surface area contributed by atoms with Gasteiger partial charge in [-0.15, -0.1) is 0 Å². The third-order valence-corrected chi connectivity index (χ3v) is 6.01. The van der Waals surface area contributed by atoms with Crippen LogP contribution in [-0.2, 0) is 20.8 Å². The van der Waals surface area contributed by atoms with Crippen molar-refractivity contribution in [2.45, 2.75) is 38.1 Å². The highest BCUT2D eigenvalue weighted by Gasteiger charge is 2.33. The number of ether oxygens (including phenoxy) is 1. The predicted octanol–water partition coefficient (Wildman–Crippen LogP) is 3.41. The van der Waals surface area contributed by atoms with Crippen LogP contribution in [0, 0.1) is 0 Å². The smallest absolute Gasteiger partial charge is 0.308 e. The summed E-state index contributed by atoms with van der Waals surface area (Å²) >= 11 is 0. The lowest BCUT2D eigenvalue weighted by Gasteiger charge is -2.33. The molecule has 1 atom stereocenters. The van der Waals surface area contributed by atoms with Gasteiger partial charge < -0.3 is 21.1 Å². The number of nitrogens with zero attached hydrogens (tertiary/aromatic N) is 1. The van der Waals surface area contributed by atoms with Crippen LogP contribution in [-0.4, -0.2) is 41.8 Å². The van der Waals surface area contributed by atoms with Crippen molar-refractivity contribution in [3.8, 4) is 5.75 Å². The van der Waals surface area contributed by atoms with E-state index in [0.717, 1.165) is 16.7 Å². The Morgan fingerprint density at radius 1 is 0.861 bits per heavy atom. The Morgan fingerprint density at radius 2 is 1.42 bits per heavy atom. The van der Waals surface area contributed by atoms with Gasteiger partial charge in [-0.25, -0.2) is 0 Å². The van der Waals surface area contributed by atoms with Crippen LogP contribution in [0.1, 0.15) is 42.4 Å². The number of amides is 2. The SMILES string of the molecule is CC(=O)Oc1ccc(CCN(C(=O)C(c2ccccc2)c2ccccc2)[C@H](CCCN)C(N)=O)cc1. The Kier molecular flexibility index (Phi) is 9.77. The molecule has 0 aliphatic carbocycles. The minimum absolute atomic E-state index is 0.190. The maximum atomic E-state index is 14.2. The first-order chi connectivity index (χ1) is 17.4. The first-order valence-corrected chi connectivity index (χ1v) is 12.1. The molecule has 3 rings (SSSR count). The van der Waals surface area contributed by atoms with E-state index in [4.69, 9.17) is 16.2 Å². The minimum atomic E-state index is -0.781. The molecule has 0 unspecified atom stereocenters. The summed E-state index contributed by atoms with van der Waals surface area (Å²) in [6, 6.07) is 25.4. The van der Waals surface area contributed by atoms with Crippen LogP contribution in [0.4, 0.5) is 0 Å². The van der Waals surface area contributed by atoms with Crippen molar-refractivity contribution < 1.29 is 19.1 Å². The van der Waals surface area contributed by atoms with E-state index >= 15 is 0 Å². The van der Waals surface area contributed by atoms with Crippen molar-refractivity contribution >= 4 is 17.8 Å². The summed E-state index contributed by atoms with van der Waals surface area (Å²) in [5, 5.41) is 0. The molecule has 36 heavy (non-hydrogen) atoms. The number of hydrogen-bond acceptors (Lipinski definition) is 5. The molecule has 0 radical (unpaired) electrons. The molecular formula is C29H33N3O4. The molecule has 4 N–H and O–H groups in total. The van der Waals surface area contributed by atoms with Gasteiger partial charge >= 0.3 is 5.97 Å². The number of nitrogens with two attached hydrogens (primary N) is 2. The van der Waals surface area contributed by atoms with Crippen LogP contribution in [0.2, 0.25) is 0 Å². The van der Waals surface area contributed by atoms with Crippen molar-refractivity contribution in [2.75, 3.05) is 13.1 Å². The molecule has 7 heteroatoms. The van der Waals surface area contributed by atoms with E-state index in [-0.39, 0.29) is 5.91 Å². The van der Waals surface area contributed by atoms with Crippen molar-refractivity contribution in [1.29, 1.82) is 0 Å². The lowest BCUT2D eigenvalue weighted by molar-refractivity contribution is -0.140. The van der Waals surface area contributed by atoms with E-state index in [2.05, 4.69) is 0 Å². The average Bonchev–Trinajstić information content (AvgIpc) is 2.87. The van der Waals surface area contributed by atoms with E-state index in [0.29, 0.717) is 38.1 Å². The molecule has 3 aromatic rings. The van der Waals surface area contributed by atoms with Crippen LogP contribution in [0.3, 0.4) is 0 Å². The van der Waals surface area contributed by atoms with Gasteiger partial charge in [-0.3, -0.25) is 14.4 Å². The minimum Gasteiger partial charge on any atom is -0.427 e. The van der Waals surface area contributed by atoms with E-state index in [1.54, 1.807) is 17.0 Å². The average molecular weight is 488 g/mol. The summed E-state index contributed by atoms with van der Waals surface area (Å²) in [5.41, 5.74) is 14.1. The summed E-state index contributed by atoms with van der Waals surface area (Å²) in [7, 11) is 0. The molecule has 0 fully saturated rings. The third-order valence-electron chi connectivity index (χ3n) is 6.01. The quantitative estimate of drug-likeness (QED) is 0.300. The Balaban J connectivity index is 1.94. The highest BCUT2D eigenvalue weighted by molar-refractivity contribution is 5.92. The van der Waals surface area contributed by atoms with Gasteiger partial charge in [-0.2, -0.15) is 0 Å². The number of carbonyl (C=O) groups is 3. The van der Waals surface area contributed by atoms with Gasteiger partial charge in [0.15, 0.2) is 0 Å². The van der Waals surface area contributed by atoms with Crippen LogP contribution in [0.15, 0.2) is 84.9 Å². The fourth-order valence-electron chi connectivity index (χ4n) is 4.26. The van der Waals surface area contributed by atoms with Gasteiger partial charge in [-0.05, 0) is 54.6 Å². The summed E-state index contributed by atoms with van der Waals surface area (Å²) in [5.74, 6) is -1.27. The zero-order chi connectivity index (χ0) is 25.9. The number of carbonyl (C=O) groups excluding carboxylic acids is 3. The van der Waals surface area contributed by atoms with Crippen molar-refractivity contribution in [3.05, 3.63) is 102 Å².